The van der Waals surface area contributed by atoms with Crippen LogP contribution in [0.25, 0.3) is 39.0 Å². The van der Waals surface area contributed by atoms with E-state index in [9.17, 15) is 0 Å². The van der Waals surface area contributed by atoms with Crippen molar-refractivity contribution in [2.24, 2.45) is 5.92 Å². The summed E-state index contributed by atoms with van der Waals surface area (Å²) >= 11 is 0. The Morgan fingerprint density at radius 3 is 1.65 bits per heavy atom. The minimum atomic E-state index is -0.659. The first-order chi connectivity index (χ1) is 26.9. The Labute approximate surface area is 322 Å². The van der Waals surface area contributed by atoms with Crippen LogP contribution in [0.15, 0.2) is 170 Å². The van der Waals surface area contributed by atoms with E-state index < -0.39 is 5.41 Å². The summed E-state index contributed by atoms with van der Waals surface area (Å²) < 4.78 is 15.5. The molecular weight excluding hydrogens is 670 g/mol. The average Bonchev–Trinajstić information content (AvgIpc) is 3.76. The fourth-order valence-electron chi connectivity index (χ4n) is 10.5. The maximum atomic E-state index is 15.5. The molecule has 7 aromatic rings. The van der Waals surface area contributed by atoms with Gasteiger partial charge in [0.2, 0.25) is 0 Å². The third-order valence-corrected chi connectivity index (χ3v) is 13.0. The summed E-state index contributed by atoms with van der Waals surface area (Å²) in [5.41, 5.74) is 19.7. The van der Waals surface area contributed by atoms with Crippen LogP contribution in [0, 0.1) is 11.7 Å². The highest BCUT2D eigenvalue weighted by molar-refractivity contribution is 5.97. The molecule has 2 heteroatoms. The maximum absolute atomic E-state index is 15.5. The molecule has 1 spiro atoms. The van der Waals surface area contributed by atoms with E-state index in [1.807, 2.05) is 6.07 Å². The van der Waals surface area contributed by atoms with Gasteiger partial charge in [-0.15, -0.1) is 0 Å². The summed E-state index contributed by atoms with van der Waals surface area (Å²) in [6.07, 6.45) is 7.78. The van der Waals surface area contributed by atoms with Crippen molar-refractivity contribution >= 4 is 22.6 Å². The van der Waals surface area contributed by atoms with Gasteiger partial charge < -0.3 is 4.90 Å². The predicted molar refractivity (Wildman–Crippen MR) is 226 cm³/mol. The van der Waals surface area contributed by atoms with Gasteiger partial charge in [-0.3, -0.25) is 0 Å². The Hall–Kier alpha value is -6.25. The number of nitrogens with zero attached hydrogens (tertiary/aromatic N) is 1. The number of hydrogen-bond acceptors (Lipinski definition) is 1. The van der Waals surface area contributed by atoms with Crippen LogP contribution < -0.4 is 4.90 Å². The minimum Gasteiger partial charge on any atom is -0.310 e. The molecular formula is C53H40FN. The van der Waals surface area contributed by atoms with E-state index in [0.29, 0.717) is 5.92 Å². The van der Waals surface area contributed by atoms with Crippen molar-refractivity contribution in [1.82, 2.24) is 0 Å². The molecule has 0 aromatic heterocycles. The smallest absolute Gasteiger partial charge is 0.123 e. The fraction of sp³-hybridized carbons (Fsp3) is 0.132. The van der Waals surface area contributed by atoms with Gasteiger partial charge in [-0.1, -0.05) is 148 Å². The van der Waals surface area contributed by atoms with Crippen molar-refractivity contribution in [3.63, 3.8) is 0 Å². The van der Waals surface area contributed by atoms with Gasteiger partial charge in [0.1, 0.15) is 5.82 Å². The number of fused-ring (bicyclic) bond motifs is 13. The van der Waals surface area contributed by atoms with Gasteiger partial charge in [0.25, 0.3) is 0 Å². The van der Waals surface area contributed by atoms with Gasteiger partial charge in [0.15, 0.2) is 0 Å². The lowest BCUT2D eigenvalue weighted by molar-refractivity contribution is 0.622. The minimum absolute atomic E-state index is 0.149. The van der Waals surface area contributed by atoms with E-state index in [-0.39, 0.29) is 11.2 Å². The molecule has 0 aliphatic heterocycles. The van der Waals surface area contributed by atoms with Crippen molar-refractivity contribution in [2.45, 2.75) is 38.0 Å². The van der Waals surface area contributed by atoms with E-state index in [1.54, 1.807) is 12.1 Å². The van der Waals surface area contributed by atoms with Crippen molar-refractivity contribution in [3.05, 3.63) is 215 Å². The lowest BCUT2D eigenvalue weighted by Crippen LogP contribution is -2.26. The van der Waals surface area contributed by atoms with Crippen LogP contribution in [-0.4, -0.2) is 0 Å². The largest absolute Gasteiger partial charge is 0.310 e. The first-order valence-electron chi connectivity index (χ1n) is 19.5. The van der Waals surface area contributed by atoms with Gasteiger partial charge in [0.05, 0.1) is 11.1 Å². The second-order valence-corrected chi connectivity index (χ2v) is 16.2. The molecule has 4 aliphatic carbocycles. The number of benzene rings is 7. The molecule has 0 amide bonds. The summed E-state index contributed by atoms with van der Waals surface area (Å²) in [4.78, 5) is 2.48. The highest BCUT2D eigenvalue weighted by atomic mass is 19.1. The summed E-state index contributed by atoms with van der Waals surface area (Å²) in [5, 5.41) is 0. The van der Waals surface area contributed by atoms with E-state index in [1.165, 1.54) is 61.2 Å². The van der Waals surface area contributed by atoms with Gasteiger partial charge in [-0.25, -0.2) is 4.39 Å². The zero-order chi connectivity index (χ0) is 37.1. The molecule has 0 saturated heterocycles. The Bertz CT molecular complexity index is 2770. The second-order valence-electron chi connectivity index (χ2n) is 16.2. The third-order valence-electron chi connectivity index (χ3n) is 13.0. The molecule has 0 radical (unpaired) electrons. The van der Waals surface area contributed by atoms with Crippen LogP contribution >= 0.6 is 0 Å². The van der Waals surface area contributed by atoms with E-state index in [2.05, 4.69) is 177 Å². The van der Waals surface area contributed by atoms with Gasteiger partial charge in [-0.05, 0) is 127 Å². The van der Waals surface area contributed by atoms with Crippen LogP contribution in [0.4, 0.5) is 21.5 Å². The standard InChI is InChI=1S/C53H40FN/c1-33-14-4-5-15-37(33)44-19-9-13-23-51(44)55(35-25-28-41-38-16-6-10-20-45(38)52(2,3)48(41)31-35)36-26-29-43-42-27-24-34(54)30-49(42)53(50(43)32-36)46-21-11-7-17-39(46)40-18-8-12-22-47(40)53/h4-13,15-33H,14H2,1-3H3. The van der Waals surface area contributed by atoms with Crippen LogP contribution in [-0.2, 0) is 10.8 Å². The topological polar surface area (TPSA) is 3.24 Å². The Morgan fingerprint density at radius 1 is 0.509 bits per heavy atom. The molecule has 0 bridgehead atoms. The number of halogens is 1. The first kappa shape index (κ1) is 32.2. The summed E-state index contributed by atoms with van der Waals surface area (Å²) in [6.45, 7) is 7.03. The van der Waals surface area contributed by atoms with E-state index in [4.69, 9.17) is 0 Å². The van der Waals surface area contributed by atoms with Crippen LogP contribution in [0.1, 0.15) is 66.1 Å². The van der Waals surface area contributed by atoms with E-state index >= 15 is 4.39 Å². The van der Waals surface area contributed by atoms with Crippen LogP contribution in [0.3, 0.4) is 0 Å². The van der Waals surface area contributed by atoms with Crippen molar-refractivity contribution in [1.29, 1.82) is 0 Å². The van der Waals surface area contributed by atoms with Crippen molar-refractivity contribution in [2.75, 3.05) is 4.90 Å². The first-order valence-corrected chi connectivity index (χ1v) is 19.5. The van der Waals surface area contributed by atoms with Gasteiger partial charge in [0, 0.05) is 22.4 Å². The third kappa shape index (κ3) is 4.34. The number of rotatable bonds is 4. The second kappa shape index (κ2) is 11.6. The zero-order valence-electron chi connectivity index (χ0n) is 31.3. The average molecular weight is 710 g/mol. The number of hydrogen-bond donors (Lipinski definition) is 0. The van der Waals surface area contributed by atoms with Crippen LogP contribution in [0.5, 0.6) is 0 Å². The Kier molecular flexibility index (Phi) is 6.81. The molecule has 1 nitrogen and oxygen atoms in total. The number of para-hydroxylation sites is 1. The monoisotopic (exact) mass is 709 g/mol. The maximum Gasteiger partial charge on any atom is 0.123 e. The SMILES string of the molecule is CC1CC=CC=C1c1ccccc1N(c1ccc2c(c1)C(C)(C)c1ccccc1-2)c1ccc2c(c1)C1(c3ccccc3-c3ccccc31)c1cc(F)ccc1-2. The molecule has 0 heterocycles. The quantitative estimate of drug-likeness (QED) is 0.176. The van der Waals surface area contributed by atoms with Crippen molar-refractivity contribution < 1.29 is 4.39 Å². The summed E-state index contributed by atoms with van der Waals surface area (Å²) in [5.74, 6) is 0.176. The Morgan fingerprint density at radius 2 is 1.00 bits per heavy atom. The normalized spacial score (nSPS) is 17.2. The van der Waals surface area contributed by atoms with Gasteiger partial charge in [-0.2, -0.15) is 0 Å². The zero-order valence-corrected chi connectivity index (χ0v) is 31.3. The molecule has 264 valence electrons. The number of allylic oxidation sites excluding steroid dienone is 4. The van der Waals surface area contributed by atoms with Gasteiger partial charge >= 0.3 is 0 Å². The lowest BCUT2D eigenvalue weighted by atomic mass is 9.70. The molecule has 0 N–H and O–H groups in total. The molecule has 4 aliphatic rings. The summed E-state index contributed by atoms with van der Waals surface area (Å²) in [7, 11) is 0. The lowest BCUT2D eigenvalue weighted by Gasteiger charge is -2.33. The number of anilines is 3. The molecule has 1 unspecified atom stereocenters. The fourth-order valence-corrected chi connectivity index (χ4v) is 10.5. The molecule has 0 saturated carbocycles. The molecule has 11 rings (SSSR count). The molecule has 0 fully saturated rings. The predicted octanol–water partition coefficient (Wildman–Crippen LogP) is 13.9. The summed E-state index contributed by atoms with van der Waals surface area (Å²) in [6, 6.07) is 54.6. The molecule has 7 aromatic carbocycles. The van der Waals surface area contributed by atoms with E-state index in [0.717, 1.165) is 40.2 Å². The highest BCUT2D eigenvalue weighted by Gasteiger charge is 2.52. The molecule has 1 atom stereocenters. The highest BCUT2D eigenvalue weighted by Crippen LogP contribution is 2.63. The Balaban J connectivity index is 1.20. The van der Waals surface area contributed by atoms with Crippen LogP contribution in [0.2, 0.25) is 0 Å². The molecule has 55 heavy (non-hydrogen) atoms. The van der Waals surface area contributed by atoms with Crippen molar-refractivity contribution in [3.8, 4) is 33.4 Å².